The van der Waals surface area contributed by atoms with Gasteiger partial charge in [0.1, 0.15) is 17.4 Å². The van der Waals surface area contributed by atoms with Crippen molar-refractivity contribution in [2.75, 3.05) is 35.7 Å². The fourth-order valence-electron chi connectivity index (χ4n) is 3.78. The number of nitrogens with one attached hydrogen (secondary N) is 2. The second-order valence-corrected chi connectivity index (χ2v) is 7.85. The van der Waals surface area contributed by atoms with E-state index in [4.69, 9.17) is 4.74 Å². The second kappa shape index (κ2) is 10.1. The highest BCUT2D eigenvalue weighted by Crippen LogP contribution is 2.24. The van der Waals surface area contributed by atoms with Gasteiger partial charge in [-0.2, -0.15) is 0 Å². The van der Waals surface area contributed by atoms with Gasteiger partial charge in [-0.15, -0.1) is 0 Å². The van der Waals surface area contributed by atoms with Gasteiger partial charge in [-0.25, -0.2) is 9.37 Å². The van der Waals surface area contributed by atoms with Gasteiger partial charge in [0.25, 0.3) is 5.91 Å². The summed E-state index contributed by atoms with van der Waals surface area (Å²) in [7, 11) is 1.58. The lowest BCUT2D eigenvalue weighted by atomic mass is 9.95. The number of hydrogen-bond acceptors (Lipinski definition) is 5. The predicted octanol–water partition coefficient (Wildman–Crippen LogP) is 4.34. The lowest BCUT2D eigenvalue weighted by Gasteiger charge is -2.32. The van der Waals surface area contributed by atoms with E-state index < -0.39 is 0 Å². The van der Waals surface area contributed by atoms with Crippen LogP contribution >= 0.6 is 0 Å². The Kier molecular flexibility index (Phi) is 6.83. The Hall–Kier alpha value is -3.94. The summed E-state index contributed by atoms with van der Waals surface area (Å²) in [6.45, 7) is 1.30. The van der Waals surface area contributed by atoms with Crippen LogP contribution in [0, 0.1) is 11.7 Å². The van der Waals surface area contributed by atoms with Crippen molar-refractivity contribution in [2.45, 2.75) is 12.8 Å². The number of benzene rings is 2. The summed E-state index contributed by atoms with van der Waals surface area (Å²) in [6.07, 6.45) is 2.94. The SMILES string of the molecule is COc1cccc(NC(=O)c2ccnc(N3CCC(C(=O)Nc4ccc(F)cc4)CC3)c2)c1. The Bertz CT molecular complexity index is 1130. The molecule has 0 aliphatic carbocycles. The van der Waals surface area contributed by atoms with Gasteiger partial charge >= 0.3 is 0 Å². The summed E-state index contributed by atoms with van der Waals surface area (Å²) in [5.74, 6) is 0.584. The van der Waals surface area contributed by atoms with Crippen LogP contribution in [0.25, 0.3) is 0 Å². The first-order chi connectivity index (χ1) is 16.0. The maximum Gasteiger partial charge on any atom is 0.255 e. The molecule has 33 heavy (non-hydrogen) atoms. The summed E-state index contributed by atoms with van der Waals surface area (Å²) >= 11 is 0. The van der Waals surface area contributed by atoms with Crippen LogP contribution < -0.4 is 20.3 Å². The quantitative estimate of drug-likeness (QED) is 0.586. The lowest BCUT2D eigenvalue weighted by molar-refractivity contribution is -0.120. The molecule has 0 saturated carbocycles. The molecule has 1 saturated heterocycles. The van der Waals surface area contributed by atoms with Gasteiger partial charge in [0.15, 0.2) is 0 Å². The van der Waals surface area contributed by atoms with Crippen molar-refractivity contribution >= 4 is 29.0 Å². The molecule has 2 heterocycles. The minimum atomic E-state index is -0.340. The zero-order valence-corrected chi connectivity index (χ0v) is 18.3. The molecule has 7 nitrogen and oxygen atoms in total. The Morgan fingerprint density at radius 1 is 1.00 bits per heavy atom. The van der Waals surface area contributed by atoms with Crippen LogP contribution in [0.4, 0.5) is 21.6 Å². The van der Waals surface area contributed by atoms with E-state index in [0.29, 0.717) is 54.4 Å². The molecule has 0 radical (unpaired) electrons. The molecule has 1 aliphatic heterocycles. The number of piperidine rings is 1. The van der Waals surface area contributed by atoms with Gasteiger partial charge in [0.2, 0.25) is 5.91 Å². The number of ether oxygens (including phenoxy) is 1. The normalized spacial score (nSPS) is 13.9. The number of anilines is 3. The zero-order chi connectivity index (χ0) is 23.2. The number of nitrogens with zero attached hydrogens (tertiary/aromatic N) is 2. The molecule has 1 aliphatic rings. The summed E-state index contributed by atoms with van der Waals surface area (Å²) < 4.78 is 18.2. The first kappa shape index (κ1) is 22.3. The first-order valence-corrected chi connectivity index (χ1v) is 10.7. The van der Waals surface area contributed by atoms with Crippen molar-refractivity contribution in [3.05, 3.63) is 78.2 Å². The van der Waals surface area contributed by atoms with E-state index in [2.05, 4.69) is 20.5 Å². The van der Waals surface area contributed by atoms with E-state index in [-0.39, 0.29) is 23.5 Å². The fourth-order valence-corrected chi connectivity index (χ4v) is 3.78. The van der Waals surface area contributed by atoms with E-state index in [0.717, 1.165) is 0 Å². The van der Waals surface area contributed by atoms with Gasteiger partial charge in [-0.1, -0.05) is 6.07 Å². The molecule has 0 unspecified atom stereocenters. The van der Waals surface area contributed by atoms with E-state index >= 15 is 0 Å². The van der Waals surface area contributed by atoms with E-state index in [1.54, 1.807) is 49.7 Å². The first-order valence-electron chi connectivity index (χ1n) is 10.7. The molecule has 1 fully saturated rings. The summed E-state index contributed by atoms with van der Waals surface area (Å²) in [5.41, 5.74) is 1.73. The van der Waals surface area contributed by atoms with Crippen molar-refractivity contribution in [1.29, 1.82) is 0 Å². The second-order valence-electron chi connectivity index (χ2n) is 7.85. The number of pyridine rings is 1. The Balaban J connectivity index is 1.34. The molecular formula is C25H25FN4O3. The molecular weight excluding hydrogens is 423 g/mol. The number of carbonyl (C=O) groups excluding carboxylic acids is 2. The third kappa shape index (κ3) is 5.65. The fraction of sp³-hybridized carbons (Fsp3) is 0.240. The average Bonchev–Trinajstić information content (AvgIpc) is 2.85. The van der Waals surface area contributed by atoms with Crippen molar-refractivity contribution in [1.82, 2.24) is 4.98 Å². The van der Waals surface area contributed by atoms with Gasteiger partial charge in [-0.3, -0.25) is 9.59 Å². The molecule has 4 rings (SSSR count). The molecule has 0 bridgehead atoms. The van der Waals surface area contributed by atoms with Crippen LogP contribution in [0.15, 0.2) is 66.9 Å². The molecule has 2 aromatic carbocycles. The number of aromatic nitrogens is 1. The largest absolute Gasteiger partial charge is 0.497 e. The summed E-state index contributed by atoms with van der Waals surface area (Å²) in [4.78, 5) is 31.8. The predicted molar refractivity (Wildman–Crippen MR) is 125 cm³/mol. The van der Waals surface area contributed by atoms with Crippen LogP contribution in [-0.4, -0.2) is 37.0 Å². The standard InChI is InChI=1S/C25H25FN4O3/c1-33-22-4-2-3-21(16-22)29-25(32)18-9-12-27-23(15-18)30-13-10-17(11-14-30)24(31)28-20-7-5-19(26)6-8-20/h2-9,12,15-17H,10-11,13-14H2,1H3,(H,28,31)(H,29,32). The van der Waals surface area contributed by atoms with Crippen molar-refractivity contribution < 1.29 is 18.7 Å². The highest BCUT2D eigenvalue weighted by Gasteiger charge is 2.26. The van der Waals surface area contributed by atoms with E-state index in [1.165, 1.54) is 12.1 Å². The number of methoxy groups -OCH3 is 1. The molecule has 2 N–H and O–H groups in total. The topological polar surface area (TPSA) is 83.6 Å². The summed E-state index contributed by atoms with van der Waals surface area (Å²) in [5, 5.41) is 5.72. The molecule has 170 valence electrons. The number of amides is 2. The average molecular weight is 448 g/mol. The van der Waals surface area contributed by atoms with Gasteiger partial charge < -0.3 is 20.3 Å². The Labute approximate surface area is 191 Å². The third-order valence-electron chi connectivity index (χ3n) is 5.64. The maximum absolute atomic E-state index is 13.0. The molecule has 2 amide bonds. The highest BCUT2D eigenvalue weighted by atomic mass is 19.1. The number of halogens is 1. The number of carbonyl (C=O) groups is 2. The van der Waals surface area contributed by atoms with Crippen LogP contribution in [0.2, 0.25) is 0 Å². The van der Waals surface area contributed by atoms with Gasteiger partial charge in [0, 0.05) is 48.2 Å². The zero-order valence-electron chi connectivity index (χ0n) is 18.3. The van der Waals surface area contributed by atoms with Crippen molar-refractivity contribution in [3.63, 3.8) is 0 Å². The van der Waals surface area contributed by atoms with E-state index in [1.807, 2.05) is 12.1 Å². The maximum atomic E-state index is 13.0. The minimum absolute atomic E-state index is 0.0689. The van der Waals surface area contributed by atoms with Crippen LogP contribution in [0.3, 0.4) is 0 Å². The lowest BCUT2D eigenvalue weighted by Crippen LogP contribution is -2.38. The molecule has 3 aromatic rings. The molecule has 8 heteroatoms. The van der Waals surface area contributed by atoms with Crippen LogP contribution in [0.1, 0.15) is 23.2 Å². The molecule has 1 aromatic heterocycles. The third-order valence-corrected chi connectivity index (χ3v) is 5.64. The molecule has 0 spiro atoms. The van der Waals surface area contributed by atoms with Crippen molar-refractivity contribution in [2.24, 2.45) is 5.92 Å². The Morgan fingerprint density at radius 3 is 2.48 bits per heavy atom. The van der Waals surface area contributed by atoms with Crippen LogP contribution in [0.5, 0.6) is 5.75 Å². The van der Waals surface area contributed by atoms with Crippen LogP contribution in [-0.2, 0) is 4.79 Å². The van der Waals surface area contributed by atoms with E-state index in [9.17, 15) is 14.0 Å². The highest BCUT2D eigenvalue weighted by molar-refractivity contribution is 6.04. The number of hydrogen-bond donors (Lipinski definition) is 2. The van der Waals surface area contributed by atoms with Crippen molar-refractivity contribution in [3.8, 4) is 5.75 Å². The summed E-state index contributed by atoms with van der Waals surface area (Å²) in [6, 6.07) is 16.3. The Morgan fingerprint density at radius 2 is 1.76 bits per heavy atom. The monoisotopic (exact) mass is 448 g/mol. The smallest absolute Gasteiger partial charge is 0.255 e. The number of rotatable bonds is 6. The molecule has 0 atom stereocenters. The van der Waals surface area contributed by atoms with Gasteiger partial charge in [-0.05, 0) is 61.4 Å². The van der Waals surface area contributed by atoms with Gasteiger partial charge in [0.05, 0.1) is 7.11 Å². The minimum Gasteiger partial charge on any atom is -0.497 e.